The first-order valence-corrected chi connectivity index (χ1v) is 4.14. The fourth-order valence-corrected chi connectivity index (χ4v) is 1.78. The van der Waals surface area contributed by atoms with Crippen LogP contribution >= 0.6 is 22.9 Å². The van der Waals surface area contributed by atoms with Gasteiger partial charge in [-0.25, -0.2) is 0 Å². The van der Waals surface area contributed by atoms with E-state index < -0.39 is 0 Å². The van der Waals surface area contributed by atoms with Crippen LogP contribution < -0.4 is 0 Å². The van der Waals surface area contributed by atoms with Gasteiger partial charge in [0.15, 0.2) is 6.33 Å². The highest BCUT2D eigenvalue weighted by Crippen LogP contribution is 2.31. The summed E-state index contributed by atoms with van der Waals surface area (Å²) in [5.74, 6) is 0.477. The summed E-state index contributed by atoms with van der Waals surface area (Å²) >= 11 is 7.29. The van der Waals surface area contributed by atoms with E-state index in [9.17, 15) is 0 Å². The summed E-state index contributed by atoms with van der Waals surface area (Å²) < 4.78 is 4.82. The van der Waals surface area contributed by atoms with Crippen LogP contribution in [0.1, 0.15) is 0 Å². The molecule has 0 aliphatic carbocycles. The van der Waals surface area contributed by atoms with Gasteiger partial charge in [-0.2, -0.15) is 4.98 Å². The van der Waals surface area contributed by atoms with Gasteiger partial charge in [0, 0.05) is 0 Å². The zero-order valence-corrected chi connectivity index (χ0v) is 6.89. The van der Waals surface area contributed by atoms with E-state index in [1.165, 1.54) is 17.7 Å². The normalized spacial score (nSPS) is 10.3. The van der Waals surface area contributed by atoms with E-state index in [-0.39, 0.29) is 0 Å². The fourth-order valence-electron chi connectivity index (χ4n) is 0.719. The number of halogens is 1. The first-order valence-electron chi connectivity index (χ1n) is 2.88. The number of thiophene rings is 1. The highest BCUT2D eigenvalue weighted by Gasteiger charge is 2.08. The molecule has 0 saturated carbocycles. The molecule has 0 atom stereocenters. The lowest BCUT2D eigenvalue weighted by atomic mass is 10.5. The lowest BCUT2D eigenvalue weighted by Gasteiger charge is -1.85. The summed E-state index contributed by atoms with van der Waals surface area (Å²) in [6.45, 7) is 0. The van der Waals surface area contributed by atoms with Crippen molar-refractivity contribution < 1.29 is 4.52 Å². The lowest BCUT2D eigenvalue weighted by Crippen LogP contribution is -1.68. The van der Waals surface area contributed by atoms with Crippen molar-refractivity contribution in [2.45, 2.75) is 0 Å². The first kappa shape index (κ1) is 6.82. The van der Waals surface area contributed by atoms with Crippen molar-refractivity contribution in [2.75, 3.05) is 0 Å². The van der Waals surface area contributed by atoms with Gasteiger partial charge in [0.1, 0.15) is 4.88 Å². The Labute approximate surface area is 71.6 Å². The van der Waals surface area contributed by atoms with Crippen LogP contribution in [0.5, 0.6) is 0 Å². The smallest absolute Gasteiger partial charge is 0.269 e. The van der Waals surface area contributed by atoms with Crippen LogP contribution in [0.4, 0.5) is 0 Å². The van der Waals surface area contributed by atoms with Crippen LogP contribution in [-0.2, 0) is 0 Å². The minimum Gasteiger partial charge on any atom is -0.333 e. The summed E-state index contributed by atoms with van der Waals surface area (Å²) in [5.41, 5.74) is 0. The molecule has 2 aromatic heterocycles. The second-order valence-electron chi connectivity index (χ2n) is 1.84. The van der Waals surface area contributed by atoms with Gasteiger partial charge in [0.25, 0.3) is 5.89 Å². The van der Waals surface area contributed by atoms with Crippen LogP contribution in [0.25, 0.3) is 10.8 Å². The van der Waals surface area contributed by atoms with Gasteiger partial charge in [0.2, 0.25) is 0 Å². The minimum atomic E-state index is 0.477. The molecule has 0 spiro atoms. The van der Waals surface area contributed by atoms with Crippen LogP contribution in [0.3, 0.4) is 0 Å². The molecule has 0 saturated heterocycles. The van der Waals surface area contributed by atoms with Gasteiger partial charge in [-0.1, -0.05) is 16.8 Å². The van der Waals surface area contributed by atoms with Gasteiger partial charge >= 0.3 is 0 Å². The molecule has 0 aliphatic rings. The maximum atomic E-state index is 5.81. The fraction of sp³-hybridized carbons (Fsp3) is 0. The highest BCUT2D eigenvalue weighted by molar-refractivity contribution is 7.14. The number of hydrogen-bond acceptors (Lipinski definition) is 4. The van der Waals surface area contributed by atoms with Crippen molar-refractivity contribution >= 4 is 22.9 Å². The third-order valence-electron chi connectivity index (χ3n) is 1.17. The van der Waals surface area contributed by atoms with Crippen molar-refractivity contribution in [1.29, 1.82) is 0 Å². The zero-order chi connectivity index (χ0) is 7.68. The van der Waals surface area contributed by atoms with Gasteiger partial charge < -0.3 is 4.52 Å². The Hall–Kier alpha value is -0.870. The molecule has 0 radical (unpaired) electrons. The molecule has 0 aliphatic heterocycles. The van der Waals surface area contributed by atoms with Crippen LogP contribution in [-0.4, -0.2) is 10.1 Å². The molecule has 3 nitrogen and oxygen atoms in total. The highest BCUT2D eigenvalue weighted by atomic mass is 35.5. The average molecular weight is 187 g/mol. The van der Waals surface area contributed by atoms with Crippen molar-refractivity contribution in [3.05, 3.63) is 22.8 Å². The maximum absolute atomic E-state index is 5.81. The van der Waals surface area contributed by atoms with E-state index in [1.54, 1.807) is 6.07 Å². The summed E-state index contributed by atoms with van der Waals surface area (Å²) in [5, 5.41) is 6.01. The molecule has 0 amide bonds. The second kappa shape index (κ2) is 2.64. The quantitative estimate of drug-likeness (QED) is 0.687. The zero-order valence-electron chi connectivity index (χ0n) is 5.32. The van der Waals surface area contributed by atoms with Gasteiger partial charge in [-0.05, 0) is 11.4 Å². The molecular weight excluding hydrogens is 184 g/mol. The van der Waals surface area contributed by atoms with E-state index in [1.807, 2.05) is 5.38 Å². The molecule has 2 aromatic rings. The number of hydrogen-bond donors (Lipinski definition) is 0. The summed E-state index contributed by atoms with van der Waals surface area (Å²) in [4.78, 5) is 4.69. The molecule has 0 bridgehead atoms. The summed E-state index contributed by atoms with van der Waals surface area (Å²) in [7, 11) is 0. The van der Waals surface area contributed by atoms with Gasteiger partial charge in [-0.3, -0.25) is 0 Å². The Bertz CT molecular complexity index is 343. The summed E-state index contributed by atoms with van der Waals surface area (Å²) in [6.07, 6.45) is 1.35. The molecule has 0 fully saturated rings. The third-order valence-corrected chi connectivity index (χ3v) is 2.50. The molecule has 0 N–H and O–H groups in total. The Balaban J connectivity index is 2.53. The first-order chi connectivity index (χ1) is 5.38. The molecule has 11 heavy (non-hydrogen) atoms. The van der Waals surface area contributed by atoms with Crippen LogP contribution in [0.2, 0.25) is 5.02 Å². The molecular formula is C6H3ClN2OS. The van der Waals surface area contributed by atoms with E-state index in [2.05, 4.69) is 10.1 Å². The van der Waals surface area contributed by atoms with Crippen molar-refractivity contribution in [2.24, 2.45) is 0 Å². The predicted octanol–water partition coefficient (Wildman–Crippen LogP) is 2.45. The van der Waals surface area contributed by atoms with E-state index >= 15 is 0 Å². The minimum absolute atomic E-state index is 0.477. The monoisotopic (exact) mass is 186 g/mol. The van der Waals surface area contributed by atoms with Crippen molar-refractivity contribution in [1.82, 2.24) is 10.1 Å². The Kier molecular flexibility index (Phi) is 1.63. The van der Waals surface area contributed by atoms with Crippen LogP contribution in [0, 0.1) is 0 Å². The maximum Gasteiger partial charge on any atom is 0.269 e. The molecule has 0 aromatic carbocycles. The van der Waals surface area contributed by atoms with Crippen LogP contribution in [0.15, 0.2) is 22.3 Å². The van der Waals surface area contributed by atoms with Gasteiger partial charge in [-0.15, -0.1) is 11.3 Å². The Morgan fingerprint density at radius 1 is 1.55 bits per heavy atom. The summed E-state index contributed by atoms with van der Waals surface area (Å²) in [6, 6.07) is 1.80. The number of rotatable bonds is 1. The molecule has 56 valence electrons. The Morgan fingerprint density at radius 3 is 3.00 bits per heavy atom. The SMILES string of the molecule is Clc1ccsc1-c1ncno1. The molecule has 2 rings (SSSR count). The Morgan fingerprint density at radius 2 is 2.45 bits per heavy atom. The van der Waals surface area contributed by atoms with E-state index in [0.29, 0.717) is 10.9 Å². The topological polar surface area (TPSA) is 38.9 Å². The van der Waals surface area contributed by atoms with E-state index in [0.717, 1.165) is 4.88 Å². The van der Waals surface area contributed by atoms with Crippen molar-refractivity contribution in [3.63, 3.8) is 0 Å². The molecule has 0 unspecified atom stereocenters. The number of aromatic nitrogens is 2. The average Bonchev–Trinajstić information content (AvgIpc) is 2.55. The lowest BCUT2D eigenvalue weighted by molar-refractivity contribution is 0.431. The number of nitrogens with zero attached hydrogens (tertiary/aromatic N) is 2. The molecule has 2 heterocycles. The van der Waals surface area contributed by atoms with E-state index in [4.69, 9.17) is 16.1 Å². The third kappa shape index (κ3) is 1.15. The second-order valence-corrected chi connectivity index (χ2v) is 3.17. The van der Waals surface area contributed by atoms with Crippen molar-refractivity contribution in [3.8, 4) is 10.8 Å². The standard InChI is InChI=1S/C6H3ClN2OS/c7-4-1-2-11-5(4)6-8-3-9-10-6/h1-3H. The predicted molar refractivity (Wildman–Crippen MR) is 42.6 cm³/mol. The molecule has 5 heteroatoms. The van der Waals surface area contributed by atoms with Gasteiger partial charge in [0.05, 0.1) is 5.02 Å². The largest absolute Gasteiger partial charge is 0.333 e.